The summed E-state index contributed by atoms with van der Waals surface area (Å²) in [4.78, 5) is -2.40. The van der Waals surface area contributed by atoms with E-state index >= 15 is 0 Å². The van der Waals surface area contributed by atoms with Gasteiger partial charge < -0.3 is 30.3 Å². The Balaban J connectivity index is 2.92. The molecule has 1 aliphatic rings. The fraction of sp³-hybridized carbons (Fsp3) is 1.00. The number of hydrogen-bond acceptors (Lipinski definition) is 7. The molecular formula is C6H12O6S. The number of ether oxygens (including phenoxy) is 1. The summed E-state index contributed by atoms with van der Waals surface area (Å²) in [5, 5.41) is 45.9. The Bertz CT molecular complexity index is 198. The third kappa shape index (κ3) is 1.57. The van der Waals surface area contributed by atoms with E-state index < -0.39 is 29.5 Å². The van der Waals surface area contributed by atoms with Gasteiger partial charge in [0.05, 0.1) is 6.61 Å². The van der Waals surface area contributed by atoms with Gasteiger partial charge in [0, 0.05) is 0 Å². The van der Waals surface area contributed by atoms with Gasteiger partial charge in [-0.2, -0.15) is 0 Å². The quantitative estimate of drug-likeness (QED) is 0.205. The summed E-state index contributed by atoms with van der Waals surface area (Å²) < 4.78 is 4.58. The SMILES string of the molecule is OC[C@]1(O)OC[C@@H](O)[C@@H](O)[C@]1(O)S. The van der Waals surface area contributed by atoms with Gasteiger partial charge in [0.2, 0.25) is 5.79 Å². The van der Waals surface area contributed by atoms with Crippen molar-refractivity contribution in [2.45, 2.75) is 22.9 Å². The average Bonchev–Trinajstić information content (AvgIpc) is 2.09. The molecule has 1 rings (SSSR count). The molecule has 0 aromatic heterocycles. The maximum absolute atomic E-state index is 9.45. The molecule has 0 spiro atoms. The molecule has 6 nitrogen and oxygen atoms in total. The molecule has 1 aliphatic heterocycles. The van der Waals surface area contributed by atoms with E-state index in [0.717, 1.165) is 0 Å². The first kappa shape index (κ1) is 11.2. The highest BCUT2D eigenvalue weighted by molar-refractivity contribution is 7.81. The third-order valence-corrected chi connectivity index (χ3v) is 2.67. The molecule has 0 aliphatic carbocycles. The second kappa shape index (κ2) is 3.35. The van der Waals surface area contributed by atoms with Gasteiger partial charge in [0.15, 0.2) is 4.93 Å². The topological polar surface area (TPSA) is 110 Å². The van der Waals surface area contributed by atoms with Gasteiger partial charge in [-0.05, 0) is 0 Å². The van der Waals surface area contributed by atoms with E-state index in [-0.39, 0.29) is 6.61 Å². The van der Waals surface area contributed by atoms with Crippen molar-refractivity contribution in [3.63, 3.8) is 0 Å². The Labute approximate surface area is 79.8 Å². The van der Waals surface area contributed by atoms with E-state index in [9.17, 15) is 15.3 Å². The van der Waals surface area contributed by atoms with Crippen LogP contribution in [0.3, 0.4) is 0 Å². The summed E-state index contributed by atoms with van der Waals surface area (Å²) in [7, 11) is 0. The molecular weight excluding hydrogens is 200 g/mol. The highest BCUT2D eigenvalue weighted by atomic mass is 32.1. The van der Waals surface area contributed by atoms with Crippen LogP contribution >= 0.6 is 12.6 Å². The molecule has 0 bridgehead atoms. The molecule has 0 amide bonds. The number of aliphatic hydroxyl groups excluding tert-OH is 3. The van der Waals surface area contributed by atoms with Crippen molar-refractivity contribution < 1.29 is 30.3 Å². The molecule has 0 saturated carbocycles. The van der Waals surface area contributed by atoms with E-state index in [0.29, 0.717) is 0 Å². The summed E-state index contributed by atoms with van der Waals surface area (Å²) in [5.74, 6) is -2.37. The van der Waals surface area contributed by atoms with Crippen molar-refractivity contribution in [3.05, 3.63) is 0 Å². The van der Waals surface area contributed by atoms with Crippen LogP contribution in [0.5, 0.6) is 0 Å². The monoisotopic (exact) mass is 212 g/mol. The van der Waals surface area contributed by atoms with Crippen LogP contribution < -0.4 is 0 Å². The molecule has 0 aromatic rings. The van der Waals surface area contributed by atoms with Crippen LogP contribution in [0.25, 0.3) is 0 Å². The molecule has 78 valence electrons. The zero-order valence-corrected chi connectivity index (χ0v) is 7.55. The maximum Gasteiger partial charge on any atom is 0.231 e. The summed E-state index contributed by atoms with van der Waals surface area (Å²) in [6.07, 6.45) is -3.05. The van der Waals surface area contributed by atoms with Crippen LogP contribution in [-0.2, 0) is 4.74 Å². The largest absolute Gasteiger partial charge is 0.391 e. The van der Waals surface area contributed by atoms with Gasteiger partial charge in [-0.25, -0.2) is 0 Å². The average molecular weight is 212 g/mol. The Morgan fingerprint density at radius 3 is 2.38 bits per heavy atom. The molecule has 0 aromatic carbocycles. The van der Waals surface area contributed by atoms with Crippen LogP contribution in [0.1, 0.15) is 0 Å². The minimum absolute atomic E-state index is 0.388. The molecule has 5 N–H and O–H groups in total. The second-order valence-electron chi connectivity index (χ2n) is 2.99. The van der Waals surface area contributed by atoms with Crippen LogP contribution in [0.4, 0.5) is 0 Å². The van der Waals surface area contributed by atoms with Crippen LogP contribution in [0.15, 0.2) is 0 Å². The van der Waals surface area contributed by atoms with Crippen molar-refractivity contribution in [2.75, 3.05) is 13.2 Å². The number of rotatable bonds is 1. The maximum atomic E-state index is 9.45. The van der Waals surface area contributed by atoms with Gasteiger partial charge in [0.1, 0.15) is 18.8 Å². The first-order valence-corrected chi connectivity index (χ1v) is 4.08. The molecule has 1 fully saturated rings. The summed E-state index contributed by atoms with van der Waals surface area (Å²) >= 11 is 3.54. The van der Waals surface area contributed by atoms with Gasteiger partial charge in [-0.3, -0.25) is 0 Å². The Morgan fingerprint density at radius 1 is 1.38 bits per heavy atom. The predicted octanol–water partition coefficient (Wildman–Crippen LogP) is -2.96. The number of hydrogen-bond donors (Lipinski definition) is 6. The van der Waals surface area contributed by atoms with Gasteiger partial charge in [0.25, 0.3) is 0 Å². The summed E-state index contributed by atoms with van der Waals surface area (Å²) in [6, 6.07) is 0. The normalized spacial score (nSPS) is 52.2. The molecule has 1 heterocycles. The number of thiol groups is 1. The van der Waals surface area contributed by atoms with Crippen molar-refractivity contribution in [2.24, 2.45) is 0 Å². The first-order valence-electron chi connectivity index (χ1n) is 3.63. The fourth-order valence-corrected chi connectivity index (χ4v) is 1.39. The van der Waals surface area contributed by atoms with Crippen LogP contribution in [0.2, 0.25) is 0 Å². The van der Waals surface area contributed by atoms with Gasteiger partial charge in [-0.1, -0.05) is 0 Å². The van der Waals surface area contributed by atoms with Crippen molar-refractivity contribution >= 4 is 12.6 Å². The highest BCUT2D eigenvalue weighted by Crippen LogP contribution is 2.36. The first-order chi connectivity index (χ1) is 5.85. The molecule has 0 unspecified atom stereocenters. The second-order valence-corrected chi connectivity index (χ2v) is 3.67. The van der Waals surface area contributed by atoms with Gasteiger partial charge in [-0.15, -0.1) is 12.6 Å². The minimum Gasteiger partial charge on any atom is -0.391 e. The van der Waals surface area contributed by atoms with Crippen LogP contribution in [-0.4, -0.2) is 61.7 Å². The Kier molecular flexibility index (Phi) is 2.89. The molecule has 0 radical (unpaired) electrons. The van der Waals surface area contributed by atoms with E-state index in [2.05, 4.69) is 17.4 Å². The zero-order chi connectivity index (χ0) is 10.3. The number of aliphatic hydroxyl groups is 5. The fourth-order valence-electron chi connectivity index (χ4n) is 1.08. The third-order valence-electron chi connectivity index (χ3n) is 2.06. The molecule has 13 heavy (non-hydrogen) atoms. The predicted molar refractivity (Wildman–Crippen MR) is 43.9 cm³/mol. The lowest BCUT2D eigenvalue weighted by molar-refractivity contribution is -0.343. The minimum atomic E-state index is -2.40. The lowest BCUT2D eigenvalue weighted by Gasteiger charge is -2.46. The summed E-state index contributed by atoms with van der Waals surface area (Å²) in [6.45, 7) is -1.32. The molecule has 1 saturated heterocycles. The van der Waals surface area contributed by atoms with E-state index in [4.69, 9.17) is 10.2 Å². The van der Waals surface area contributed by atoms with Crippen molar-refractivity contribution in [3.8, 4) is 0 Å². The Morgan fingerprint density at radius 2 is 1.92 bits per heavy atom. The lowest BCUT2D eigenvalue weighted by atomic mass is 9.96. The summed E-state index contributed by atoms with van der Waals surface area (Å²) in [5.41, 5.74) is 0. The van der Waals surface area contributed by atoms with E-state index in [1.54, 1.807) is 0 Å². The standard InChI is InChI=1S/C6H12O6S/c7-2-5(10)6(11,13)4(9)3(8)1-12-5/h3-4,7-11,13H,1-2H2/t3-,4-,5+,6+/m1/s1. The van der Waals surface area contributed by atoms with Crippen LogP contribution in [0, 0.1) is 0 Å². The van der Waals surface area contributed by atoms with Gasteiger partial charge >= 0.3 is 0 Å². The smallest absolute Gasteiger partial charge is 0.231 e. The Hall–Kier alpha value is 0.110. The molecule has 7 heteroatoms. The van der Waals surface area contributed by atoms with E-state index in [1.807, 2.05) is 0 Å². The molecule has 4 atom stereocenters. The lowest BCUT2D eigenvalue weighted by Crippen LogP contribution is -2.68. The highest BCUT2D eigenvalue weighted by Gasteiger charge is 2.58. The van der Waals surface area contributed by atoms with Crippen molar-refractivity contribution in [1.29, 1.82) is 0 Å². The van der Waals surface area contributed by atoms with Crippen molar-refractivity contribution in [1.82, 2.24) is 0 Å². The van der Waals surface area contributed by atoms with E-state index in [1.165, 1.54) is 0 Å². The zero-order valence-electron chi connectivity index (χ0n) is 6.66.